The highest BCUT2D eigenvalue weighted by atomic mass is 32.2. The maximum Gasteiger partial charge on any atom is 0.176 e. The van der Waals surface area contributed by atoms with Gasteiger partial charge in [0.1, 0.15) is 0 Å². The first-order valence-corrected chi connectivity index (χ1v) is 6.02. The van der Waals surface area contributed by atoms with Crippen LogP contribution in [0.4, 0.5) is 0 Å². The maximum atomic E-state index is 11.6. The number of sulfone groups is 1. The fraction of sp³-hybridized carbons (Fsp3) is 0.778. The molecule has 0 atom stereocenters. The van der Waals surface area contributed by atoms with Crippen LogP contribution in [0.15, 0.2) is 11.0 Å². The van der Waals surface area contributed by atoms with E-state index in [0.29, 0.717) is 4.91 Å². The molecule has 12 heavy (non-hydrogen) atoms. The van der Waals surface area contributed by atoms with Crippen molar-refractivity contribution in [3.05, 3.63) is 11.0 Å². The summed E-state index contributed by atoms with van der Waals surface area (Å²) in [5.41, 5.74) is 0. The summed E-state index contributed by atoms with van der Waals surface area (Å²) in [7, 11) is -2.94. The third kappa shape index (κ3) is 1.89. The van der Waals surface area contributed by atoms with Gasteiger partial charge in [0.25, 0.3) is 0 Å². The summed E-state index contributed by atoms with van der Waals surface area (Å²) in [5.74, 6) is 0. The smallest absolute Gasteiger partial charge is 0.176 e. The van der Waals surface area contributed by atoms with Crippen LogP contribution in [0.2, 0.25) is 0 Å². The van der Waals surface area contributed by atoms with Crippen molar-refractivity contribution >= 4 is 9.84 Å². The van der Waals surface area contributed by atoms with Gasteiger partial charge in [-0.25, -0.2) is 8.42 Å². The normalized spacial score (nSPS) is 19.4. The Kier molecular flexibility index (Phi) is 2.94. The molecule has 1 aliphatic rings. The molecule has 0 radical (unpaired) electrons. The first kappa shape index (κ1) is 9.78. The molecule has 70 valence electrons. The Bertz CT molecular complexity index is 273. The van der Waals surface area contributed by atoms with Crippen LogP contribution >= 0.6 is 0 Å². The van der Waals surface area contributed by atoms with E-state index in [9.17, 15) is 8.42 Å². The maximum absolute atomic E-state index is 11.6. The minimum Gasteiger partial charge on any atom is -0.224 e. The minimum absolute atomic E-state index is 0.262. The minimum atomic E-state index is -2.94. The van der Waals surface area contributed by atoms with Gasteiger partial charge in [-0.15, -0.1) is 0 Å². The second kappa shape index (κ2) is 3.60. The molecule has 2 nitrogen and oxygen atoms in total. The highest BCUT2D eigenvalue weighted by Gasteiger charge is 2.22. The molecular formula is C9H16O2S. The Morgan fingerprint density at radius 1 is 1.33 bits per heavy atom. The summed E-state index contributed by atoms with van der Waals surface area (Å²) in [6.07, 6.45) is 5.73. The first-order chi connectivity index (χ1) is 5.55. The molecule has 0 heterocycles. The van der Waals surface area contributed by atoms with Crippen molar-refractivity contribution in [2.75, 3.05) is 0 Å². The van der Waals surface area contributed by atoms with Crippen LogP contribution in [0.25, 0.3) is 0 Å². The van der Waals surface area contributed by atoms with Crippen molar-refractivity contribution in [2.45, 2.75) is 44.8 Å². The fourth-order valence-electron chi connectivity index (χ4n) is 1.37. The molecule has 0 aromatic rings. The third-order valence-electron chi connectivity index (χ3n) is 2.24. The van der Waals surface area contributed by atoms with Crippen LogP contribution in [-0.4, -0.2) is 13.7 Å². The molecule has 0 bridgehead atoms. The van der Waals surface area contributed by atoms with Gasteiger partial charge >= 0.3 is 0 Å². The summed E-state index contributed by atoms with van der Waals surface area (Å²) in [4.78, 5) is 0.670. The van der Waals surface area contributed by atoms with E-state index in [1.54, 1.807) is 13.8 Å². The molecule has 0 aromatic carbocycles. The predicted molar refractivity (Wildman–Crippen MR) is 50.6 cm³/mol. The molecule has 0 aliphatic heterocycles. The van der Waals surface area contributed by atoms with Crippen LogP contribution in [0.3, 0.4) is 0 Å². The van der Waals surface area contributed by atoms with Crippen molar-refractivity contribution < 1.29 is 8.42 Å². The monoisotopic (exact) mass is 188 g/mol. The summed E-state index contributed by atoms with van der Waals surface area (Å²) in [6, 6.07) is 0. The Hall–Kier alpha value is -0.310. The molecule has 3 heteroatoms. The Labute approximate surface area is 74.6 Å². The van der Waals surface area contributed by atoms with Crippen molar-refractivity contribution in [1.29, 1.82) is 0 Å². The highest BCUT2D eigenvalue weighted by molar-refractivity contribution is 7.95. The number of hydrogen-bond donors (Lipinski definition) is 0. The second-order valence-corrected chi connectivity index (χ2v) is 6.07. The van der Waals surface area contributed by atoms with Gasteiger partial charge in [0.15, 0.2) is 9.84 Å². The lowest BCUT2D eigenvalue weighted by Crippen LogP contribution is -2.17. The van der Waals surface area contributed by atoms with Crippen molar-refractivity contribution in [3.63, 3.8) is 0 Å². The number of allylic oxidation sites excluding steroid dienone is 2. The van der Waals surface area contributed by atoms with Crippen molar-refractivity contribution in [2.24, 2.45) is 0 Å². The predicted octanol–water partition coefficient (Wildman–Crippen LogP) is 2.27. The van der Waals surface area contributed by atoms with Gasteiger partial charge in [-0.1, -0.05) is 6.08 Å². The molecule has 0 unspecified atom stereocenters. The zero-order valence-electron chi connectivity index (χ0n) is 7.71. The average Bonchev–Trinajstić information content (AvgIpc) is 2.06. The van der Waals surface area contributed by atoms with Crippen LogP contribution in [0.1, 0.15) is 39.5 Å². The summed E-state index contributed by atoms with van der Waals surface area (Å²) < 4.78 is 23.2. The van der Waals surface area contributed by atoms with E-state index in [0.717, 1.165) is 25.7 Å². The lowest BCUT2D eigenvalue weighted by molar-refractivity contribution is 0.587. The van der Waals surface area contributed by atoms with E-state index in [2.05, 4.69) is 0 Å². The zero-order chi connectivity index (χ0) is 9.19. The molecule has 1 aliphatic carbocycles. The summed E-state index contributed by atoms with van der Waals surface area (Å²) >= 11 is 0. The largest absolute Gasteiger partial charge is 0.224 e. The number of rotatable bonds is 2. The molecule has 0 spiro atoms. The molecule has 1 rings (SSSR count). The standard InChI is InChI=1S/C9H16O2S/c1-8(2)12(10,11)9-6-4-3-5-7-9/h6,8H,3-5,7H2,1-2H3. The van der Waals surface area contributed by atoms with Gasteiger partial charge in [0, 0.05) is 4.91 Å². The first-order valence-electron chi connectivity index (χ1n) is 4.48. The van der Waals surface area contributed by atoms with Gasteiger partial charge in [-0.2, -0.15) is 0 Å². The molecule has 0 aromatic heterocycles. The van der Waals surface area contributed by atoms with Gasteiger partial charge in [0.05, 0.1) is 5.25 Å². The summed E-state index contributed by atoms with van der Waals surface area (Å²) in [6.45, 7) is 3.48. The topological polar surface area (TPSA) is 34.1 Å². The van der Waals surface area contributed by atoms with E-state index in [-0.39, 0.29) is 5.25 Å². The van der Waals surface area contributed by atoms with E-state index in [4.69, 9.17) is 0 Å². The fourth-order valence-corrected chi connectivity index (χ4v) is 2.75. The highest BCUT2D eigenvalue weighted by Crippen LogP contribution is 2.24. The van der Waals surface area contributed by atoms with E-state index in [1.807, 2.05) is 6.08 Å². The average molecular weight is 188 g/mol. The molecule has 0 saturated heterocycles. The Balaban J connectivity index is 2.88. The third-order valence-corrected chi connectivity index (χ3v) is 4.58. The van der Waals surface area contributed by atoms with Gasteiger partial charge in [0.2, 0.25) is 0 Å². The molecule has 0 N–H and O–H groups in total. The molecule has 0 amide bonds. The molecular weight excluding hydrogens is 172 g/mol. The van der Waals surface area contributed by atoms with E-state index in [1.165, 1.54) is 0 Å². The lowest BCUT2D eigenvalue weighted by Gasteiger charge is -2.15. The molecule has 0 fully saturated rings. The van der Waals surface area contributed by atoms with Gasteiger partial charge < -0.3 is 0 Å². The SMILES string of the molecule is CC(C)S(=O)(=O)C1=CCCCC1. The van der Waals surface area contributed by atoms with E-state index >= 15 is 0 Å². The zero-order valence-corrected chi connectivity index (χ0v) is 8.52. The summed E-state index contributed by atoms with van der Waals surface area (Å²) in [5, 5.41) is -0.262. The van der Waals surface area contributed by atoms with Crippen LogP contribution in [-0.2, 0) is 9.84 Å². The van der Waals surface area contributed by atoms with Crippen LogP contribution in [0, 0.1) is 0 Å². The second-order valence-electron chi connectivity index (χ2n) is 3.51. The van der Waals surface area contributed by atoms with Crippen LogP contribution < -0.4 is 0 Å². The van der Waals surface area contributed by atoms with Crippen LogP contribution in [0.5, 0.6) is 0 Å². The Morgan fingerprint density at radius 2 is 2.00 bits per heavy atom. The van der Waals surface area contributed by atoms with Crippen molar-refractivity contribution in [1.82, 2.24) is 0 Å². The quantitative estimate of drug-likeness (QED) is 0.666. The van der Waals surface area contributed by atoms with Gasteiger partial charge in [-0.05, 0) is 39.5 Å². The number of hydrogen-bond acceptors (Lipinski definition) is 2. The lowest BCUT2D eigenvalue weighted by atomic mass is 10.1. The Morgan fingerprint density at radius 3 is 2.42 bits per heavy atom. The van der Waals surface area contributed by atoms with E-state index < -0.39 is 9.84 Å². The molecule has 0 saturated carbocycles. The van der Waals surface area contributed by atoms with Gasteiger partial charge in [-0.3, -0.25) is 0 Å². The van der Waals surface area contributed by atoms with Crippen molar-refractivity contribution in [3.8, 4) is 0 Å².